The molecule has 0 unspecified atom stereocenters. The van der Waals surface area contributed by atoms with Crippen molar-refractivity contribution in [1.29, 1.82) is 5.53 Å². The number of rotatable bonds is 6. The normalized spacial score (nSPS) is 15.1. The van der Waals surface area contributed by atoms with E-state index in [1.54, 1.807) is 13.2 Å². The molecule has 9 heteroatoms. The van der Waals surface area contributed by atoms with E-state index in [4.69, 9.17) is 15.5 Å². The average molecular weight is 442 g/mol. The molecular weight excluding hydrogens is 414 g/mol. The maximum absolute atomic E-state index is 7.41. The highest BCUT2D eigenvalue weighted by Crippen LogP contribution is 2.31. The lowest BCUT2D eigenvalue weighted by Gasteiger charge is -2.23. The van der Waals surface area contributed by atoms with Crippen LogP contribution in [-0.4, -0.2) is 38.9 Å². The average Bonchev–Trinajstić information content (AvgIpc) is 3.21. The fraction of sp³-hybridized carbons (Fsp3) is 0.333. The van der Waals surface area contributed by atoms with E-state index in [1.165, 1.54) is 24.8 Å². The molecule has 168 valence electrons. The molecule has 1 aliphatic rings. The molecule has 0 spiro atoms. The molecule has 0 atom stereocenters. The number of nitrogens with one attached hydrogen (secondary N) is 4. The number of nitrogens with zero attached hydrogens (tertiary/aromatic N) is 5. The molecule has 0 radical (unpaired) electrons. The minimum Gasteiger partial charge on any atom is -0.367 e. The summed E-state index contributed by atoms with van der Waals surface area (Å²) in [5, 5.41) is 12.2. The van der Waals surface area contributed by atoms with Gasteiger partial charge in [0, 0.05) is 31.3 Å². The molecule has 9 nitrogen and oxygen atoms in total. The van der Waals surface area contributed by atoms with Crippen LogP contribution in [0.4, 0.5) is 5.82 Å². The van der Waals surface area contributed by atoms with Crippen LogP contribution in [0.2, 0.25) is 0 Å². The summed E-state index contributed by atoms with van der Waals surface area (Å²) in [6, 6.07) is 12.6. The second kappa shape index (κ2) is 9.32. The Labute approximate surface area is 191 Å². The molecule has 0 amide bonds. The van der Waals surface area contributed by atoms with E-state index in [9.17, 15) is 0 Å². The molecule has 4 N–H and O–H groups in total. The number of anilines is 1. The molecular formula is C24H27N9. The van der Waals surface area contributed by atoms with Crippen LogP contribution in [0.25, 0.3) is 22.1 Å². The van der Waals surface area contributed by atoms with Gasteiger partial charge in [0.2, 0.25) is 5.84 Å². The first kappa shape index (κ1) is 21.0. The first-order valence-electron chi connectivity index (χ1n) is 11.4. The van der Waals surface area contributed by atoms with E-state index in [-0.39, 0.29) is 5.84 Å². The van der Waals surface area contributed by atoms with E-state index >= 15 is 0 Å². The smallest absolute Gasteiger partial charge is 0.201 e. The summed E-state index contributed by atoms with van der Waals surface area (Å²) in [5.41, 5.74) is 14.3. The van der Waals surface area contributed by atoms with Crippen molar-refractivity contribution in [2.45, 2.75) is 44.6 Å². The Morgan fingerprint density at radius 3 is 2.73 bits per heavy atom. The SMILES string of the molecule is CN/N=C(\N=N)c1cnc2c(c1)[nH]c1nc(Cc3ccccc3)nc(NC3CCCCC3)c12. The number of amidine groups is 1. The van der Waals surface area contributed by atoms with Gasteiger partial charge in [0.15, 0.2) is 0 Å². The van der Waals surface area contributed by atoms with Gasteiger partial charge >= 0.3 is 0 Å². The van der Waals surface area contributed by atoms with Crippen LogP contribution >= 0.6 is 0 Å². The van der Waals surface area contributed by atoms with Crippen LogP contribution in [0, 0.1) is 5.53 Å². The number of pyridine rings is 1. The zero-order valence-corrected chi connectivity index (χ0v) is 18.6. The summed E-state index contributed by atoms with van der Waals surface area (Å²) in [7, 11) is 1.67. The Morgan fingerprint density at radius 2 is 1.97 bits per heavy atom. The third-order valence-electron chi connectivity index (χ3n) is 6.07. The lowest BCUT2D eigenvalue weighted by molar-refractivity contribution is 0.462. The monoisotopic (exact) mass is 441 g/mol. The minimum absolute atomic E-state index is 0.266. The number of hydrazone groups is 1. The first-order chi connectivity index (χ1) is 16.2. The van der Waals surface area contributed by atoms with Crippen molar-refractivity contribution >= 4 is 33.7 Å². The molecule has 3 aromatic heterocycles. The number of hydrogen-bond donors (Lipinski definition) is 4. The van der Waals surface area contributed by atoms with Gasteiger partial charge in [-0.25, -0.2) is 15.5 Å². The lowest BCUT2D eigenvalue weighted by Crippen LogP contribution is -2.23. The Balaban J connectivity index is 1.62. The predicted octanol–water partition coefficient (Wildman–Crippen LogP) is 4.75. The van der Waals surface area contributed by atoms with Gasteiger partial charge in [0.05, 0.1) is 10.9 Å². The summed E-state index contributed by atoms with van der Waals surface area (Å²) in [6.45, 7) is 0. The van der Waals surface area contributed by atoms with Crippen molar-refractivity contribution in [1.82, 2.24) is 25.4 Å². The van der Waals surface area contributed by atoms with Gasteiger partial charge in [0.1, 0.15) is 22.8 Å². The van der Waals surface area contributed by atoms with Crippen molar-refractivity contribution in [3.05, 3.63) is 59.5 Å². The molecule has 1 aliphatic carbocycles. The van der Waals surface area contributed by atoms with Crippen LogP contribution in [0.3, 0.4) is 0 Å². The van der Waals surface area contributed by atoms with Gasteiger partial charge < -0.3 is 15.7 Å². The molecule has 0 aliphatic heterocycles. The number of aromatic nitrogens is 4. The minimum atomic E-state index is 0.266. The standard InChI is InChI=1S/C24H27N9/c1-26-33-22(32-25)16-13-18-21(27-14-16)20-23(28-17-10-6-3-7-11-17)30-19(31-24(20)29-18)12-15-8-4-2-5-9-15/h2,4-5,8-9,13-14,17,25-26H,3,6-7,10-12H2,1H3,(H2,28,29,30,31)/b32-25?,33-22-. The van der Waals surface area contributed by atoms with Gasteiger partial charge in [-0.2, -0.15) is 5.10 Å². The molecule has 1 saturated carbocycles. The molecule has 1 fully saturated rings. The zero-order valence-electron chi connectivity index (χ0n) is 18.6. The van der Waals surface area contributed by atoms with Crippen molar-refractivity contribution < 1.29 is 0 Å². The summed E-state index contributed by atoms with van der Waals surface area (Å²) < 4.78 is 0. The number of fused-ring (bicyclic) bond motifs is 3. The predicted molar refractivity (Wildman–Crippen MR) is 130 cm³/mol. The molecule has 0 saturated heterocycles. The number of hydrogen-bond acceptors (Lipinski definition) is 7. The van der Waals surface area contributed by atoms with Crippen LogP contribution in [0.1, 0.15) is 49.1 Å². The van der Waals surface area contributed by atoms with E-state index in [0.29, 0.717) is 18.0 Å². The first-order valence-corrected chi connectivity index (χ1v) is 11.4. The maximum Gasteiger partial charge on any atom is 0.201 e. The van der Waals surface area contributed by atoms with Crippen LogP contribution in [0.5, 0.6) is 0 Å². The molecule has 0 bridgehead atoms. The van der Waals surface area contributed by atoms with E-state index in [2.05, 4.69) is 43.1 Å². The van der Waals surface area contributed by atoms with Crippen molar-refractivity contribution in [2.24, 2.45) is 10.2 Å². The number of aromatic amines is 1. The van der Waals surface area contributed by atoms with E-state index in [1.807, 2.05) is 24.3 Å². The lowest BCUT2D eigenvalue weighted by atomic mass is 9.95. The third kappa shape index (κ3) is 4.39. The second-order valence-electron chi connectivity index (χ2n) is 8.37. The fourth-order valence-electron chi connectivity index (χ4n) is 4.49. The van der Waals surface area contributed by atoms with Gasteiger partial charge in [-0.05, 0) is 24.5 Å². The van der Waals surface area contributed by atoms with Crippen molar-refractivity contribution in [3.63, 3.8) is 0 Å². The van der Waals surface area contributed by atoms with Crippen molar-refractivity contribution in [2.75, 3.05) is 12.4 Å². The van der Waals surface area contributed by atoms with Gasteiger partial charge in [-0.1, -0.05) is 49.6 Å². The highest BCUT2D eigenvalue weighted by atomic mass is 15.3. The molecule has 5 rings (SSSR count). The Morgan fingerprint density at radius 1 is 1.15 bits per heavy atom. The number of H-pyrrole nitrogens is 1. The Kier molecular flexibility index (Phi) is 5.93. The number of benzene rings is 1. The van der Waals surface area contributed by atoms with E-state index in [0.717, 1.165) is 46.6 Å². The van der Waals surface area contributed by atoms with E-state index < -0.39 is 0 Å². The van der Waals surface area contributed by atoms with Crippen LogP contribution in [-0.2, 0) is 6.42 Å². The summed E-state index contributed by atoms with van der Waals surface area (Å²) in [6.07, 6.45) is 8.41. The molecule has 4 aromatic rings. The van der Waals surface area contributed by atoms with Gasteiger partial charge in [-0.15, -0.1) is 5.11 Å². The zero-order chi connectivity index (χ0) is 22.6. The van der Waals surface area contributed by atoms with Crippen LogP contribution in [0.15, 0.2) is 52.8 Å². The highest BCUT2D eigenvalue weighted by molar-refractivity contribution is 6.11. The molecule has 1 aromatic carbocycles. The molecule has 33 heavy (non-hydrogen) atoms. The van der Waals surface area contributed by atoms with Gasteiger partial charge in [-0.3, -0.25) is 4.98 Å². The Bertz CT molecular complexity index is 1300. The topological polar surface area (TPSA) is 127 Å². The summed E-state index contributed by atoms with van der Waals surface area (Å²) in [4.78, 5) is 17.9. The molecule has 3 heterocycles. The quantitative estimate of drug-likeness (QED) is 0.149. The second-order valence-corrected chi connectivity index (χ2v) is 8.37. The van der Waals surface area contributed by atoms with Crippen LogP contribution < -0.4 is 10.7 Å². The third-order valence-corrected chi connectivity index (χ3v) is 6.07. The fourth-order valence-corrected chi connectivity index (χ4v) is 4.49. The summed E-state index contributed by atoms with van der Waals surface area (Å²) >= 11 is 0. The summed E-state index contributed by atoms with van der Waals surface area (Å²) in [5.74, 6) is 1.86. The Hall–Kier alpha value is -3.88. The van der Waals surface area contributed by atoms with Gasteiger partial charge in [0.25, 0.3) is 0 Å². The maximum atomic E-state index is 7.41. The highest BCUT2D eigenvalue weighted by Gasteiger charge is 2.20. The van der Waals surface area contributed by atoms with Crippen molar-refractivity contribution in [3.8, 4) is 0 Å². The largest absolute Gasteiger partial charge is 0.367 e.